The van der Waals surface area contributed by atoms with Crippen LogP contribution < -0.4 is 10.3 Å². The molecule has 0 saturated heterocycles. The second-order valence-corrected chi connectivity index (χ2v) is 5.32. The molecule has 0 saturated carbocycles. The summed E-state index contributed by atoms with van der Waals surface area (Å²) < 4.78 is 8.28. The minimum Gasteiger partial charge on any atom is -0.497 e. The van der Waals surface area contributed by atoms with E-state index in [0.717, 1.165) is 17.7 Å². The van der Waals surface area contributed by atoms with Gasteiger partial charge in [-0.15, -0.1) is 10.2 Å². The van der Waals surface area contributed by atoms with E-state index in [-0.39, 0.29) is 11.1 Å². The Balaban J connectivity index is 1.65. The maximum Gasteiger partial charge on any atom is 0.280 e. The molecule has 3 aromatic heterocycles. The van der Waals surface area contributed by atoms with E-state index in [9.17, 15) is 4.79 Å². The molecular formula is C16H14N6O2. The van der Waals surface area contributed by atoms with Crippen LogP contribution in [0.4, 0.5) is 0 Å². The molecule has 0 N–H and O–H groups in total. The van der Waals surface area contributed by atoms with Crippen LogP contribution >= 0.6 is 0 Å². The SMILES string of the molecule is COc1ccc(CCn2ccc3c(nnc4ncnn43)c2=O)cc1. The second kappa shape index (κ2) is 5.73. The van der Waals surface area contributed by atoms with E-state index in [1.54, 1.807) is 23.9 Å². The number of pyridine rings is 1. The average molecular weight is 322 g/mol. The fraction of sp³-hybridized carbons (Fsp3) is 0.188. The van der Waals surface area contributed by atoms with Crippen molar-refractivity contribution >= 4 is 16.8 Å². The highest BCUT2D eigenvalue weighted by atomic mass is 16.5. The standard InChI is InChI=1S/C16H14N6O2/c1-24-12-4-2-11(3-5-12)6-8-21-9-7-13-14(15(21)23)19-20-16-17-10-18-22(13)16/h2-5,7,9-10H,6,8H2,1H3. The Morgan fingerprint density at radius 3 is 2.75 bits per heavy atom. The largest absolute Gasteiger partial charge is 0.497 e. The molecule has 1 aromatic carbocycles. The van der Waals surface area contributed by atoms with Crippen molar-refractivity contribution in [1.29, 1.82) is 0 Å². The molecule has 4 rings (SSSR count). The maximum absolute atomic E-state index is 12.6. The van der Waals surface area contributed by atoms with Crippen molar-refractivity contribution in [1.82, 2.24) is 29.4 Å². The zero-order valence-corrected chi connectivity index (χ0v) is 13.0. The van der Waals surface area contributed by atoms with E-state index in [0.29, 0.717) is 17.8 Å². The van der Waals surface area contributed by atoms with Gasteiger partial charge in [-0.05, 0) is 30.2 Å². The third-order valence-corrected chi connectivity index (χ3v) is 3.92. The summed E-state index contributed by atoms with van der Waals surface area (Å²) >= 11 is 0. The first-order chi connectivity index (χ1) is 11.8. The first-order valence-electron chi connectivity index (χ1n) is 7.45. The molecular weight excluding hydrogens is 308 g/mol. The number of rotatable bonds is 4. The quantitative estimate of drug-likeness (QED) is 0.559. The smallest absolute Gasteiger partial charge is 0.280 e. The van der Waals surface area contributed by atoms with Crippen LogP contribution in [0.25, 0.3) is 16.8 Å². The molecule has 0 unspecified atom stereocenters. The van der Waals surface area contributed by atoms with Crippen molar-refractivity contribution in [3.8, 4) is 5.75 Å². The molecule has 24 heavy (non-hydrogen) atoms. The number of aryl methyl sites for hydroxylation is 2. The predicted octanol–water partition coefficient (Wildman–Crippen LogP) is 1.09. The summed E-state index contributed by atoms with van der Waals surface area (Å²) in [5.41, 5.74) is 1.82. The molecule has 4 aromatic rings. The molecule has 0 atom stereocenters. The average Bonchev–Trinajstić information content (AvgIpc) is 3.10. The van der Waals surface area contributed by atoms with Crippen LogP contribution in [0.1, 0.15) is 5.56 Å². The molecule has 8 heteroatoms. The number of aromatic nitrogens is 6. The molecule has 0 aliphatic heterocycles. The van der Waals surface area contributed by atoms with Crippen LogP contribution in [0.15, 0.2) is 47.7 Å². The van der Waals surface area contributed by atoms with Gasteiger partial charge in [0.2, 0.25) is 0 Å². The van der Waals surface area contributed by atoms with Crippen molar-refractivity contribution in [3.05, 3.63) is 58.8 Å². The Morgan fingerprint density at radius 2 is 1.96 bits per heavy atom. The summed E-state index contributed by atoms with van der Waals surface area (Å²) in [4.78, 5) is 16.6. The maximum atomic E-state index is 12.6. The minimum absolute atomic E-state index is 0.189. The number of hydrogen-bond donors (Lipinski definition) is 0. The van der Waals surface area contributed by atoms with Gasteiger partial charge in [0.1, 0.15) is 17.6 Å². The number of benzene rings is 1. The lowest BCUT2D eigenvalue weighted by Gasteiger charge is -2.07. The van der Waals surface area contributed by atoms with Crippen LogP contribution in [0.2, 0.25) is 0 Å². The lowest BCUT2D eigenvalue weighted by molar-refractivity contribution is 0.414. The summed E-state index contributed by atoms with van der Waals surface area (Å²) in [5, 5.41) is 12.0. The zero-order valence-electron chi connectivity index (χ0n) is 13.0. The van der Waals surface area contributed by atoms with E-state index < -0.39 is 0 Å². The third kappa shape index (κ3) is 2.37. The Hall–Kier alpha value is -3.29. The van der Waals surface area contributed by atoms with E-state index in [2.05, 4.69) is 20.3 Å². The normalized spacial score (nSPS) is 11.2. The lowest BCUT2D eigenvalue weighted by atomic mass is 10.1. The van der Waals surface area contributed by atoms with Gasteiger partial charge in [0, 0.05) is 12.7 Å². The monoisotopic (exact) mass is 322 g/mol. The van der Waals surface area contributed by atoms with Gasteiger partial charge in [0.05, 0.1) is 7.11 Å². The fourth-order valence-corrected chi connectivity index (χ4v) is 2.60. The van der Waals surface area contributed by atoms with Crippen molar-refractivity contribution < 1.29 is 4.74 Å². The summed E-state index contributed by atoms with van der Waals surface area (Å²) in [5.74, 6) is 1.19. The van der Waals surface area contributed by atoms with Crippen LogP contribution in [-0.2, 0) is 13.0 Å². The number of fused-ring (bicyclic) bond motifs is 3. The highest BCUT2D eigenvalue weighted by Crippen LogP contribution is 2.12. The number of nitrogens with zero attached hydrogens (tertiary/aromatic N) is 6. The van der Waals surface area contributed by atoms with Gasteiger partial charge >= 0.3 is 0 Å². The molecule has 3 heterocycles. The molecule has 0 aliphatic rings. The molecule has 0 fully saturated rings. The summed E-state index contributed by atoms with van der Waals surface area (Å²) in [7, 11) is 1.64. The molecule has 0 aliphatic carbocycles. The molecule has 8 nitrogen and oxygen atoms in total. The van der Waals surface area contributed by atoms with E-state index in [1.165, 1.54) is 10.8 Å². The Kier molecular flexibility index (Phi) is 3.42. The Labute approximate surface area is 136 Å². The minimum atomic E-state index is -0.189. The van der Waals surface area contributed by atoms with Crippen LogP contribution in [-0.4, -0.2) is 36.5 Å². The van der Waals surface area contributed by atoms with Crippen molar-refractivity contribution in [2.45, 2.75) is 13.0 Å². The number of ether oxygens (including phenoxy) is 1. The molecule has 0 amide bonds. The van der Waals surface area contributed by atoms with E-state index >= 15 is 0 Å². The molecule has 0 radical (unpaired) electrons. The predicted molar refractivity (Wildman–Crippen MR) is 87.0 cm³/mol. The van der Waals surface area contributed by atoms with Crippen LogP contribution in [0, 0.1) is 0 Å². The van der Waals surface area contributed by atoms with Gasteiger partial charge in [0.15, 0.2) is 5.52 Å². The van der Waals surface area contributed by atoms with Gasteiger partial charge in [-0.1, -0.05) is 12.1 Å². The van der Waals surface area contributed by atoms with Crippen LogP contribution in [0.3, 0.4) is 0 Å². The fourth-order valence-electron chi connectivity index (χ4n) is 2.60. The number of hydrogen-bond acceptors (Lipinski definition) is 6. The summed E-state index contributed by atoms with van der Waals surface area (Å²) in [6.45, 7) is 0.554. The van der Waals surface area contributed by atoms with Gasteiger partial charge in [-0.3, -0.25) is 4.79 Å². The van der Waals surface area contributed by atoms with Crippen molar-refractivity contribution in [2.75, 3.05) is 7.11 Å². The topological polar surface area (TPSA) is 87.2 Å². The molecule has 0 spiro atoms. The highest BCUT2D eigenvalue weighted by molar-refractivity contribution is 5.74. The second-order valence-electron chi connectivity index (χ2n) is 5.32. The van der Waals surface area contributed by atoms with Gasteiger partial charge in [0.25, 0.3) is 11.3 Å². The lowest BCUT2D eigenvalue weighted by Crippen LogP contribution is -2.22. The third-order valence-electron chi connectivity index (χ3n) is 3.92. The van der Waals surface area contributed by atoms with Gasteiger partial charge in [-0.2, -0.15) is 14.6 Å². The number of methoxy groups -OCH3 is 1. The first kappa shape index (κ1) is 14.3. The van der Waals surface area contributed by atoms with Crippen molar-refractivity contribution in [2.24, 2.45) is 0 Å². The van der Waals surface area contributed by atoms with Crippen LogP contribution in [0.5, 0.6) is 5.75 Å². The highest BCUT2D eigenvalue weighted by Gasteiger charge is 2.10. The van der Waals surface area contributed by atoms with Gasteiger partial charge in [-0.25, -0.2) is 0 Å². The Morgan fingerprint density at radius 1 is 1.12 bits per heavy atom. The Bertz CT molecular complexity index is 1070. The first-order valence-corrected chi connectivity index (χ1v) is 7.45. The van der Waals surface area contributed by atoms with E-state index in [1.807, 2.05) is 24.3 Å². The van der Waals surface area contributed by atoms with Crippen molar-refractivity contribution in [3.63, 3.8) is 0 Å². The summed E-state index contributed by atoms with van der Waals surface area (Å²) in [6.07, 6.45) is 3.87. The molecule has 120 valence electrons. The van der Waals surface area contributed by atoms with E-state index in [4.69, 9.17) is 4.74 Å². The van der Waals surface area contributed by atoms with Gasteiger partial charge < -0.3 is 9.30 Å². The summed E-state index contributed by atoms with van der Waals surface area (Å²) in [6, 6.07) is 9.60. The zero-order chi connectivity index (χ0) is 16.5. The molecule has 0 bridgehead atoms.